The van der Waals surface area contributed by atoms with Crippen molar-refractivity contribution in [2.24, 2.45) is 5.73 Å². The highest BCUT2D eigenvalue weighted by molar-refractivity contribution is 5.47. The highest BCUT2D eigenvalue weighted by atomic mass is 16.3. The molecule has 17 heavy (non-hydrogen) atoms. The van der Waals surface area contributed by atoms with E-state index in [-0.39, 0.29) is 0 Å². The summed E-state index contributed by atoms with van der Waals surface area (Å²) in [5, 5.41) is 0. The van der Waals surface area contributed by atoms with Crippen molar-refractivity contribution in [1.29, 1.82) is 0 Å². The number of hydrogen-bond donors (Lipinski definition) is 1. The molecule has 0 saturated carbocycles. The minimum absolute atomic E-state index is 0.588. The Morgan fingerprint density at radius 2 is 1.94 bits per heavy atom. The number of anilines is 1. The zero-order valence-corrected chi connectivity index (χ0v) is 10.1. The van der Waals surface area contributed by atoms with Crippen LogP contribution in [0.5, 0.6) is 0 Å². The van der Waals surface area contributed by atoms with E-state index in [2.05, 4.69) is 36.1 Å². The van der Waals surface area contributed by atoms with Crippen molar-refractivity contribution in [2.75, 3.05) is 11.4 Å². The summed E-state index contributed by atoms with van der Waals surface area (Å²) in [6.07, 6.45) is 1.71. The summed E-state index contributed by atoms with van der Waals surface area (Å²) in [6, 6.07) is 12.3. The summed E-state index contributed by atoms with van der Waals surface area (Å²) >= 11 is 0. The highest BCUT2D eigenvalue weighted by Crippen LogP contribution is 2.18. The zero-order chi connectivity index (χ0) is 12.1. The third kappa shape index (κ3) is 2.88. The van der Waals surface area contributed by atoms with Gasteiger partial charge in [-0.3, -0.25) is 0 Å². The molecule has 1 heterocycles. The van der Waals surface area contributed by atoms with E-state index in [1.54, 1.807) is 6.26 Å². The van der Waals surface area contributed by atoms with Crippen molar-refractivity contribution in [1.82, 2.24) is 0 Å². The van der Waals surface area contributed by atoms with Gasteiger partial charge in [-0.1, -0.05) is 12.1 Å². The summed E-state index contributed by atoms with van der Waals surface area (Å²) < 4.78 is 5.37. The smallest absolute Gasteiger partial charge is 0.123 e. The second kappa shape index (κ2) is 5.55. The summed E-state index contributed by atoms with van der Waals surface area (Å²) in [6.45, 7) is 4.47. The predicted octanol–water partition coefficient (Wildman–Crippen LogP) is 2.76. The molecule has 3 heteroatoms. The number of furan rings is 1. The van der Waals surface area contributed by atoms with Crippen molar-refractivity contribution in [3.63, 3.8) is 0 Å². The van der Waals surface area contributed by atoms with Crippen LogP contribution in [0.3, 0.4) is 0 Å². The van der Waals surface area contributed by atoms with E-state index in [9.17, 15) is 0 Å². The van der Waals surface area contributed by atoms with Crippen LogP contribution in [0, 0.1) is 0 Å². The quantitative estimate of drug-likeness (QED) is 0.858. The molecule has 0 radical (unpaired) electrons. The van der Waals surface area contributed by atoms with E-state index in [4.69, 9.17) is 10.2 Å². The van der Waals surface area contributed by atoms with Gasteiger partial charge in [0.1, 0.15) is 5.76 Å². The van der Waals surface area contributed by atoms with Gasteiger partial charge in [-0.05, 0) is 36.8 Å². The van der Waals surface area contributed by atoms with Gasteiger partial charge in [0.2, 0.25) is 0 Å². The van der Waals surface area contributed by atoms with Gasteiger partial charge in [-0.2, -0.15) is 0 Å². The van der Waals surface area contributed by atoms with Crippen molar-refractivity contribution >= 4 is 5.69 Å². The summed E-state index contributed by atoms with van der Waals surface area (Å²) in [4.78, 5) is 2.26. The molecular weight excluding hydrogens is 212 g/mol. The maximum absolute atomic E-state index is 5.59. The number of nitrogens with zero attached hydrogens (tertiary/aromatic N) is 1. The van der Waals surface area contributed by atoms with Gasteiger partial charge in [-0.15, -0.1) is 0 Å². The first-order valence-corrected chi connectivity index (χ1v) is 5.90. The Labute approximate surface area is 102 Å². The van der Waals surface area contributed by atoms with Crippen LogP contribution in [0.4, 0.5) is 5.69 Å². The lowest BCUT2D eigenvalue weighted by Gasteiger charge is -2.22. The Morgan fingerprint density at radius 3 is 2.47 bits per heavy atom. The third-order valence-corrected chi connectivity index (χ3v) is 2.85. The van der Waals surface area contributed by atoms with Crippen molar-refractivity contribution in [2.45, 2.75) is 20.0 Å². The van der Waals surface area contributed by atoms with Gasteiger partial charge in [-0.25, -0.2) is 0 Å². The molecule has 3 nitrogen and oxygen atoms in total. The zero-order valence-electron chi connectivity index (χ0n) is 10.1. The Bertz CT molecular complexity index is 434. The van der Waals surface area contributed by atoms with Crippen LogP contribution in [0.2, 0.25) is 0 Å². The second-order valence-electron chi connectivity index (χ2n) is 3.96. The SMILES string of the molecule is CCN(Cc1ccco1)c1ccc(CN)cc1. The maximum Gasteiger partial charge on any atom is 0.123 e. The molecule has 0 fully saturated rings. The van der Waals surface area contributed by atoms with Crippen LogP contribution in [0.1, 0.15) is 18.2 Å². The van der Waals surface area contributed by atoms with E-state index in [1.807, 2.05) is 12.1 Å². The van der Waals surface area contributed by atoms with Gasteiger partial charge < -0.3 is 15.1 Å². The van der Waals surface area contributed by atoms with Gasteiger partial charge in [0.15, 0.2) is 0 Å². The molecule has 0 amide bonds. The van der Waals surface area contributed by atoms with Crippen LogP contribution in [-0.4, -0.2) is 6.54 Å². The van der Waals surface area contributed by atoms with E-state index >= 15 is 0 Å². The molecule has 0 bridgehead atoms. The largest absolute Gasteiger partial charge is 0.467 e. The maximum atomic E-state index is 5.59. The Kier molecular flexibility index (Phi) is 3.83. The molecule has 2 N–H and O–H groups in total. The molecule has 0 saturated heterocycles. The topological polar surface area (TPSA) is 42.4 Å². The van der Waals surface area contributed by atoms with Gasteiger partial charge >= 0.3 is 0 Å². The molecule has 2 aromatic rings. The molecule has 2 rings (SSSR count). The van der Waals surface area contributed by atoms with Gasteiger partial charge in [0.25, 0.3) is 0 Å². The first-order chi connectivity index (χ1) is 8.33. The Balaban J connectivity index is 2.11. The fourth-order valence-electron chi connectivity index (χ4n) is 1.82. The van der Waals surface area contributed by atoms with E-state index in [1.165, 1.54) is 5.69 Å². The first-order valence-electron chi connectivity index (χ1n) is 5.90. The number of nitrogens with two attached hydrogens (primary N) is 1. The molecule has 0 aliphatic heterocycles. The molecule has 1 aromatic heterocycles. The molecule has 0 aliphatic rings. The fraction of sp³-hybridized carbons (Fsp3) is 0.286. The number of benzene rings is 1. The van der Waals surface area contributed by atoms with Gasteiger partial charge in [0.05, 0.1) is 12.8 Å². The van der Waals surface area contributed by atoms with Crippen LogP contribution in [-0.2, 0) is 13.1 Å². The monoisotopic (exact) mass is 230 g/mol. The molecule has 0 unspecified atom stereocenters. The van der Waals surface area contributed by atoms with Crippen LogP contribution in [0.25, 0.3) is 0 Å². The highest BCUT2D eigenvalue weighted by Gasteiger charge is 2.06. The number of rotatable bonds is 5. The molecule has 0 aliphatic carbocycles. The Hall–Kier alpha value is -1.74. The van der Waals surface area contributed by atoms with E-state index < -0.39 is 0 Å². The fourth-order valence-corrected chi connectivity index (χ4v) is 1.82. The first kappa shape index (κ1) is 11.7. The van der Waals surface area contributed by atoms with Crippen molar-refractivity contribution in [3.05, 3.63) is 54.0 Å². The molecular formula is C14H18N2O. The van der Waals surface area contributed by atoms with E-state index in [0.29, 0.717) is 6.54 Å². The average molecular weight is 230 g/mol. The summed E-state index contributed by atoms with van der Waals surface area (Å²) in [7, 11) is 0. The third-order valence-electron chi connectivity index (χ3n) is 2.85. The standard InChI is InChI=1S/C14H18N2O/c1-2-16(11-14-4-3-9-17-14)13-7-5-12(10-15)6-8-13/h3-9H,2,10-11,15H2,1H3. The molecule has 90 valence electrons. The lowest BCUT2D eigenvalue weighted by Crippen LogP contribution is -2.21. The predicted molar refractivity (Wildman–Crippen MR) is 69.8 cm³/mol. The van der Waals surface area contributed by atoms with Crippen molar-refractivity contribution < 1.29 is 4.42 Å². The summed E-state index contributed by atoms with van der Waals surface area (Å²) in [5.41, 5.74) is 7.94. The van der Waals surface area contributed by atoms with Crippen LogP contribution in [0.15, 0.2) is 47.1 Å². The minimum Gasteiger partial charge on any atom is -0.467 e. The van der Waals surface area contributed by atoms with Crippen LogP contribution < -0.4 is 10.6 Å². The molecule has 0 atom stereocenters. The summed E-state index contributed by atoms with van der Waals surface area (Å²) in [5.74, 6) is 0.981. The number of hydrogen-bond acceptors (Lipinski definition) is 3. The second-order valence-corrected chi connectivity index (χ2v) is 3.96. The normalized spacial score (nSPS) is 10.5. The average Bonchev–Trinajstić information content (AvgIpc) is 2.89. The van der Waals surface area contributed by atoms with Crippen LogP contribution >= 0.6 is 0 Å². The molecule has 0 spiro atoms. The van der Waals surface area contributed by atoms with E-state index in [0.717, 1.165) is 24.4 Å². The lowest BCUT2D eigenvalue weighted by atomic mass is 10.2. The minimum atomic E-state index is 0.588. The van der Waals surface area contributed by atoms with Crippen molar-refractivity contribution in [3.8, 4) is 0 Å². The lowest BCUT2D eigenvalue weighted by molar-refractivity contribution is 0.503. The van der Waals surface area contributed by atoms with Gasteiger partial charge in [0, 0.05) is 18.8 Å². The molecule has 1 aromatic carbocycles. The Morgan fingerprint density at radius 1 is 1.18 bits per heavy atom.